The topological polar surface area (TPSA) is 83.5 Å². The minimum absolute atomic E-state index is 0.00215. The molecule has 0 fully saturated rings. The summed E-state index contributed by atoms with van der Waals surface area (Å²) in [5, 5.41) is 10.1. The van der Waals surface area contributed by atoms with Crippen LogP contribution < -0.4 is 4.72 Å². The number of carboxylic acid groups (broad SMARTS) is 1. The fourth-order valence-electron chi connectivity index (χ4n) is 1.67. The van der Waals surface area contributed by atoms with Crippen molar-refractivity contribution in [3.05, 3.63) is 52.9 Å². The summed E-state index contributed by atoms with van der Waals surface area (Å²) in [6.45, 7) is 1.73. The van der Waals surface area contributed by atoms with E-state index in [0.717, 1.165) is 23.0 Å². The Morgan fingerprint density at radius 2 is 1.95 bits per heavy atom. The maximum absolute atomic E-state index is 12.2. The van der Waals surface area contributed by atoms with Crippen molar-refractivity contribution in [2.45, 2.75) is 17.2 Å². The predicted octanol–water partition coefficient (Wildman–Crippen LogP) is 2.49. The second-order valence-electron chi connectivity index (χ2n) is 4.21. The molecule has 7 heteroatoms. The van der Waals surface area contributed by atoms with Gasteiger partial charge >= 0.3 is 5.97 Å². The number of thiophene rings is 1. The van der Waals surface area contributed by atoms with Crippen LogP contribution in [0.25, 0.3) is 0 Å². The number of rotatable bonds is 5. The van der Waals surface area contributed by atoms with E-state index in [1.54, 1.807) is 6.92 Å². The summed E-state index contributed by atoms with van der Waals surface area (Å²) in [6, 6.07) is 9.92. The summed E-state index contributed by atoms with van der Waals surface area (Å²) in [4.78, 5) is 10.8. The van der Waals surface area contributed by atoms with Gasteiger partial charge in [-0.3, -0.25) is 0 Å². The number of hydrogen-bond acceptors (Lipinski definition) is 4. The Kier molecular flexibility index (Phi) is 4.22. The van der Waals surface area contributed by atoms with E-state index in [0.29, 0.717) is 0 Å². The molecule has 0 spiro atoms. The fourth-order valence-corrected chi connectivity index (χ4v) is 4.07. The molecule has 0 aliphatic rings. The SMILES string of the molecule is C[C@H](NS(=O)(=O)c1cc(C(=O)O)cs1)c1ccccc1. The van der Waals surface area contributed by atoms with Crippen molar-refractivity contribution in [1.82, 2.24) is 4.72 Å². The molecule has 1 heterocycles. The number of hydrogen-bond donors (Lipinski definition) is 2. The Bertz CT molecular complexity index is 707. The standard InChI is InChI=1S/C13H13NO4S2/c1-9(10-5-3-2-4-6-10)14-20(17,18)12-7-11(8-19-12)13(15)16/h2-9,14H,1H3,(H,15,16)/t9-/m0/s1. The molecule has 106 valence electrons. The van der Waals surface area contributed by atoms with Crippen molar-refractivity contribution in [1.29, 1.82) is 0 Å². The number of carbonyl (C=O) groups is 1. The Balaban J connectivity index is 2.20. The largest absolute Gasteiger partial charge is 0.478 e. The highest BCUT2D eigenvalue weighted by Gasteiger charge is 2.21. The molecule has 0 bridgehead atoms. The molecule has 1 atom stereocenters. The molecule has 0 unspecified atom stereocenters. The molecule has 20 heavy (non-hydrogen) atoms. The van der Waals surface area contributed by atoms with E-state index in [2.05, 4.69) is 4.72 Å². The summed E-state index contributed by atoms with van der Waals surface area (Å²) < 4.78 is 26.8. The van der Waals surface area contributed by atoms with E-state index in [-0.39, 0.29) is 9.77 Å². The highest BCUT2D eigenvalue weighted by molar-refractivity contribution is 7.91. The predicted molar refractivity (Wildman–Crippen MR) is 76.5 cm³/mol. The van der Waals surface area contributed by atoms with Gasteiger partial charge in [0.15, 0.2) is 0 Å². The first-order valence-corrected chi connectivity index (χ1v) is 8.15. The zero-order chi connectivity index (χ0) is 14.8. The zero-order valence-electron chi connectivity index (χ0n) is 10.6. The average molecular weight is 311 g/mol. The lowest BCUT2D eigenvalue weighted by atomic mass is 10.1. The molecule has 0 aliphatic carbocycles. The van der Waals surface area contributed by atoms with Crippen LogP contribution in [0, 0.1) is 0 Å². The van der Waals surface area contributed by atoms with Crippen LogP contribution in [0.3, 0.4) is 0 Å². The molecule has 0 radical (unpaired) electrons. The van der Waals surface area contributed by atoms with Crippen molar-refractivity contribution in [2.24, 2.45) is 0 Å². The van der Waals surface area contributed by atoms with Crippen molar-refractivity contribution in [3.63, 3.8) is 0 Å². The Morgan fingerprint density at radius 1 is 1.30 bits per heavy atom. The minimum Gasteiger partial charge on any atom is -0.478 e. The summed E-state index contributed by atoms with van der Waals surface area (Å²) in [5.74, 6) is -1.14. The van der Waals surface area contributed by atoms with Crippen LogP contribution in [0.1, 0.15) is 28.9 Å². The normalized spacial score (nSPS) is 13.1. The van der Waals surface area contributed by atoms with Crippen LogP contribution in [0.4, 0.5) is 0 Å². The van der Waals surface area contributed by atoms with Gasteiger partial charge in [-0.15, -0.1) is 11.3 Å². The summed E-state index contributed by atoms with van der Waals surface area (Å²) >= 11 is 0.891. The lowest BCUT2D eigenvalue weighted by Gasteiger charge is -2.13. The van der Waals surface area contributed by atoms with Crippen molar-refractivity contribution < 1.29 is 18.3 Å². The van der Waals surface area contributed by atoms with Crippen LogP contribution >= 0.6 is 11.3 Å². The van der Waals surface area contributed by atoms with Gasteiger partial charge in [0.25, 0.3) is 10.0 Å². The van der Waals surface area contributed by atoms with Gasteiger partial charge in [0.05, 0.1) is 5.56 Å². The smallest absolute Gasteiger partial charge is 0.336 e. The zero-order valence-corrected chi connectivity index (χ0v) is 12.2. The van der Waals surface area contributed by atoms with Crippen molar-refractivity contribution in [3.8, 4) is 0 Å². The summed E-state index contributed by atoms with van der Waals surface area (Å²) in [6.07, 6.45) is 0. The molecule has 0 saturated heterocycles. The van der Waals surface area contributed by atoms with Gasteiger partial charge < -0.3 is 5.11 Å². The molecular formula is C13H13NO4S2. The fraction of sp³-hybridized carbons (Fsp3) is 0.154. The Morgan fingerprint density at radius 3 is 2.50 bits per heavy atom. The highest BCUT2D eigenvalue weighted by atomic mass is 32.2. The molecular weight excluding hydrogens is 298 g/mol. The van der Waals surface area contributed by atoms with Gasteiger partial charge in [-0.1, -0.05) is 30.3 Å². The monoisotopic (exact) mass is 311 g/mol. The first-order chi connectivity index (χ1) is 9.40. The van der Waals surface area contributed by atoms with Crippen molar-refractivity contribution in [2.75, 3.05) is 0 Å². The first-order valence-electron chi connectivity index (χ1n) is 5.79. The second kappa shape index (κ2) is 5.74. The van der Waals surface area contributed by atoms with E-state index in [1.165, 1.54) is 5.38 Å². The number of sulfonamides is 1. The van der Waals surface area contributed by atoms with E-state index in [9.17, 15) is 13.2 Å². The maximum atomic E-state index is 12.2. The quantitative estimate of drug-likeness (QED) is 0.888. The summed E-state index contributed by atoms with van der Waals surface area (Å²) in [5.41, 5.74) is 0.814. The van der Waals surface area contributed by atoms with Gasteiger partial charge in [0.1, 0.15) is 4.21 Å². The average Bonchev–Trinajstić information content (AvgIpc) is 2.90. The summed E-state index contributed by atoms with van der Waals surface area (Å²) in [7, 11) is -3.72. The lowest BCUT2D eigenvalue weighted by Crippen LogP contribution is -2.26. The highest BCUT2D eigenvalue weighted by Crippen LogP contribution is 2.22. The number of aromatic carboxylic acids is 1. The van der Waals surface area contributed by atoms with E-state index in [4.69, 9.17) is 5.11 Å². The van der Waals surface area contributed by atoms with E-state index >= 15 is 0 Å². The lowest BCUT2D eigenvalue weighted by molar-refractivity contribution is 0.0697. The van der Waals surface area contributed by atoms with Gasteiger partial charge in [-0.25, -0.2) is 17.9 Å². The Labute approximate surface area is 120 Å². The number of benzene rings is 1. The molecule has 1 aromatic heterocycles. The Hall–Kier alpha value is -1.70. The maximum Gasteiger partial charge on any atom is 0.336 e. The third-order valence-electron chi connectivity index (χ3n) is 2.72. The van der Waals surface area contributed by atoms with Gasteiger partial charge in [0.2, 0.25) is 0 Å². The molecule has 0 amide bonds. The van der Waals surface area contributed by atoms with Crippen molar-refractivity contribution >= 4 is 27.3 Å². The molecule has 2 aromatic rings. The number of nitrogens with one attached hydrogen (secondary N) is 1. The van der Waals surface area contributed by atoms with Crippen LogP contribution in [0.2, 0.25) is 0 Å². The van der Waals surface area contributed by atoms with E-state index in [1.807, 2.05) is 30.3 Å². The molecule has 5 nitrogen and oxygen atoms in total. The van der Waals surface area contributed by atoms with Gasteiger partial charge in [-0.05, 0) is 18.6 Å². The van der Waals surface area contributed by atoms with Gasteiger partial charge in [0, 0.05) is 11.4 Å². The van der Waals surface area contributed by atoms with Gasteiger partial charge in [-0.2, -0.15) is 0 Å². The minimum atomic E-state index is -3.72. The molecule has 2 N–H and O–H groups in total. The number of carboxylic acids is 1. The molecule has 0 aliphatic heterocycles. The third kappa shape index (κ3) is 3.24. The van der Waals surface area contributed by atoms with Crippen LogP contribution in [0.5, 0.6) is 0 Å². The van der Waals surface area contributed by atoms with Crippen LogP contribution in [-0.2, 0) is 10.0 Å². The molecule has 2 rings (SSSR count). The second-order valence-corrected chi connectivity index (χ2v) is 7.07. The molecule has 1 aromatic carbocycles. The van der Waals surface area contributed by atoms with Crippen LogP contribution in [0.15, 0.2) is 46.0 Å². The van der Waals surface area contributed by atoms with Crippen LogP contribution in [-0.4, -0.2) is 19.5 Å². The molecule has 0 saturated carbocycles. The first kappa shape index (κ1) is 14.7. The third-order valence-corrected chi connectivity index (χ3v) is 5.70. The van der Waals surface area contributed by atoms with E-state index < -0.39 is 22.0 Å².